The van der Waals surface area contributed by atoms with Gasteiger partial charge in [-0.25, -0.2) is 8.42 Å². The van der Waals surface area contributed by atoms with Crippen LogP contribution in [-0.4, -0.2) is 31.5 Å². The molecule has 0 radical (unpaired) electrons. The van der Waals surface area contributed by atoms with Crippen LogP contribution in [0.2, 0.25) is 0 Å². The summed E-state index contributed by atoms with van der Waals surface area (Å²) >= 11 is 0. The van der Waals surface area contributed by atoms with Gasteiger partial charge in [0.05, 0.1) is 0 Å². The van der Waals surface area contributed by atoms with Crippen molar-refractivity contribution >= 4 is 21.4 Å². The van der Waals surface area contributed by atoms with Crippen LogP contribution in [0.15, 0.2) is 24.3 Å². The number of sulfone groups is 1. The van der Waals surface area contributed by atoms with E-state index in [0.717, 1.165) is 33.4 Å². The Morgan fingerprint density at radius 2 is 0.963 bits per heavy atom. The fraction of sp³-hybridized carbons (Fsp3) is 0.364. The lowest BCUT2D eigenvalue weighted by molar-refractivity contribution is 0.101. The Balaban J connectivity index is 2.23. The van der Waals surface area contributed by atoms with E-state index in [9.17, 15) is 18.0 Å². The van der Waals surface area contributed by atoms with E-state index in [4.69, 9.17) is 0 Å². The van der Waals surface area contributed by atoms with E-state index in [1.807, 2.05) is 53.7 Å². The van der Waals surface area contributed by atoms with Crippen molar-refractivity contribution in [2.45, 2.75) is 41.5 Å². The van der Waals surface area contributed by atoms with Gasteiger partial charge in [0.15, 0.2) is 21.4 Å². The lowest BCUT2D eigenvalue weighted by Gasteiger charge is -2.12. The number of benzene rings is 2. The molecule has 2 rings (SSSR count). The third-order valence-corrected chi connectivity index (χ3v) is 6.82. The molecule has 0 saturated carbocycles. The van der Waals surface area contributed by atoms with Crippen LogP contribution in [0.25, 0.3) is 0 Å². The van der Waals surface area contributed by atoms with Gasteiger partial charge in [0.1, 0.15) is 11.5 Å². The molecular weight excluding hydrogens is 360 g/mol. The standard InChI is InChI=1S/C22H26O4S/c1-13-7-9-19(17(5)15(13)3)21(23)11-27(25,26)12-22(24)20-10-8-14(2)16(4)18(20)6/h7-10H,11-12H2,1-6H3. The number of hydrogen-bond acceptors (Lipinski definition) is 4. The molecule has 0 fully saturated rings. The van der Waals surface area contributed by atoms with Crippen LogP contribution in [-0.2, 0) is 9.84 Å². The second-order valence-electron chi connectivity index (χ2n) is 7.24. The smallest absolute Gasteiger partial charge is 0.178 e. The summed E-state index contributed by atoms with van der Waals surface area (Å²) in [5.41, 5.74) is 6.41. The highest BCUT2D eigenvalue weighted by molar-refractivity contribution is 7.92. The van der Waals surface area contributed by atoms with Crippen molar-refractivity contribution in [2.24, 2.45) is 0 Å². The first-order valence-corrected chi connectivity index (χ1v) is 10.7. The van der Waals surface area contributed by atoms with Gasteiger partial charge in [0, 0.05) is 11.1 Å². The second-order valence-corrected chi connectivity index (χ2v) is 9.30. The van der Waals surface area contributed by atoms with Gasteiger partial charge >= 0.3 is 0 Å². The quantitative estimate of drug-likeness (QED) is 0.703. The van der Waals surface area contributed by atoms with Crippen molar-refractivity contribution < 1.29 is 18.0 Å². The molecule has 0 spiro atoms. The maximum Gasteiger partial charge on any atom is 0.178 e. The third-order valence-electron chi connectivity index (χ3n) is 5.42. The summed E-state index contributed by atoms with van der Waals surface area (Å²) < 4.78 is 25.0. The minimum absolute atomic E-state index is 0.400. The number of carbonyl (C=O) groups excluding carboxylic acids is 2. The van der Waals surface area contributed by atoms with Gasteiger partial charge in [-0.05, 0) is 74.9 Å². The first-order chi connectivity index (χ1) is 12.4. The van der Waals surface area contributed by atoms with E-state index < -0.39 is 32.9 Å². The average molecular weight is 387 g/mol. The molecule has 0 unspecified atom stereocenters. The van der Waals surface area contributed by atoms with Crippen molar-refractivity contribution in [3.05, 3.63) is 68.8 Å². The van der Waals surface area contributed by atoms with Gasteiger partial charge in [0.25, 0.3) is 0 Å². The number of rotatable bonds is 6. The summed E-state index contributed by atoms with van der Waals surface area (Å²) in [4.78, 5) is 25.1. The zero-order valence-corrected chi connectivity index (χ0v) is 17.6. The van der Waals surface area contributed by atoms with Crippen LogP contribution >= 0.6 is 0 Å². The Bertz CT molecular complexity index is 953. The minimum atomic E-state index is -3.85. The molecular formula is C22H26O4S. The summed E-state index contributed by atoms with van der Waals surface area (Å²) in [5, 5.41) is 0. The fourth-order valence-corrected chi connectivity index (χ4v) is 4.33. The molecule has 0 heterocycles. The van der Waals surface area contributed by atoms with E-state index >= 15 is 0 Å². The molecule has 0 aliphatic heterocycles. The van der Waals surface area contributed by atoms with E-state index in [-0.39, 0.29) is 0 Å². The number of hydrogen-bond donors (Lipinski definition) is 0. The molecule has 0 saturated heterocycles. The van der Waals surface area contributed by atoms with Crippen LogP contribution in [0.1, 0.15) is 54.1 Å². The first-order valence-electron chi connectivity index (χ1n) is 8.85. The SMILES string of the molecule is Cc1ccc(C(=O)CS(=O)(=O)CC(=O)c2ccc(C)c(C)c2C)c(C)c1C. The molecule has 0 aliphatic rings. The Morgan fingerprint density at radius 1 is 0.630 bits per heavy atom. The van der Waals surface area contributed by atoms with Crippen LogP contribution in [0, 0.1) is 41.5 Å². The Kier molecular flexibility index (Phi) is 6.05. The van der Waals surface area contributed by atoms with Crippen molar-refractivity contribution in [3.8, 4) is 0 Å². The Hall–Kier alpha value is -2.27. The van der Waals surface area contributed by atoms with Crippen molar-refractivity contribution in [1.29, 1.82) is 0 Å². The number of Topliss-reactive ketones (excluding diaryl/α,β-unsaturated/α-hetero) is 2. The van der Waals surface area contributed by atoms with E-state index in [1.165, 1.54) is 0 Å². The molecule has 27 heavy (non-hydrogen) atoms. The summed E-state index contributed by atoms with van der Waals surface area (Å²) in [5.74, 6) is -2.27. The lowest BCUT2D eigenvalue weighted by atomic mass is 9.97. The molecule has 2 aromatic rings. The predicted octanol–water partition coefficient (Wildman–Crippen LogP) is 4.02. The highest BCUT2D eigenvalue weighted by Crippen LogP contribution is 2.20. The van der Waals surface area contributed by atoms with Crippen LogP contribution in [0.3, 0.4) is 0 Å². The van der Waals surface area contributed by atoms with Gasteiger partial charge in [-0.2, -0.15) is 0 Å². The van der Waals surface area contributed by atoms with Gasteiger partial charge in [-0.1, -0.05) is 24.3 Å². The largest absolute Gasteiger partial charge is 0.293 e. The van der Waals surface area contributed by atoms with Crippen molar-refractivity contribution in [2.75, 3.05) is 11.5 Å². The fourth-order valence-electron chi connectivity index (χ4n) is 3.12. The predicted molar refractivity (Wildman–Crippen MR) is 109 cm³/mol. The maximum absolute atomic E-state index is 12.5. The van der Waals surface area contributed by atoms with Crippen LogP contribution in [0.5, 0.6) is 0 Å². The van der Waals surface area contributed by atoms with Crippen molar-refractivity contribution in [3.63, 3.8) is 0 Å². The molecule has 0 bridgehead atoms. The van der Waals surface area contributed by atoms with Crippen LogP contribution < -0.4 is 0 Å². The Labute approximate surface area is 161 Å². The monoisotopic (exact) mass is 386 g/mol. The van der Waals surface area contributed by atoms with E-state index in [0.29, 0.717) is 11.1 Å². The number of ketones is 2. The molecule has 5 heteroatoms. The van der Waals surface area contributed by atoms with Crippen LogP contribution in [0.4, 0.5) is 0 Å². The third kappa shape index (κ3) is 4.53. The molecule has 0 aromatic heterocycles. The zero-order valence-electron chi connectivity index (χ0n) is 16.8. The molecule has 0 amide bonds. The Morgan fingerprint density at radius 3 is 1.30 bits per heavy atom. The molecule has 0 aliphatic carbocycles. The molecule has 4 nitrogen and oxygen atoms in total. The average Bonchev–Trinajstić information content (AvgIpc) is 2.56. The molecule has 2 aromatic carbocycles. The topological polar surface area (TPSA) is 68.3 Å². The molecule has 144 valence electrons. The summed E-state index contributed by atoms with van der Waals surface area (Å²) in [7, 11) is -3.85. The highest BCUT2D eigenvalue weighted by atomic mass is 32.2. The number of carbonyl (C=O) groups is 2. The van der Waals surface area contributed by atoms with E-state index in [2.05, 4.69) is 0 Å². The highest BCUT2D eigenvalue weighted by Gasteiger charge is 2.24. The van der Waals surface area contributed by atoms with Gasteiger partial charge in [-0.15, -0.1) is 0 Å². The summed E-state index contributed by atoms with van der Waals surface area (Å²) in [6, 6.07) is 6.94. The van der Waals surface area contributed by atoms with Gasteiger partial charge in [-0.3, -0.25) is 9.59 Å². The first kappa shape index (κ1) is 21.0. The lowest BCUT2D eigenvalue weighted by Crippen LogP contribution is -2.25. The maximum atomic E-state index is 12.5. The minimum Gasteiger partial charge on any atom is -0.293 e. The van der Waals surface area contributed by atoms with Gasteiger partial charge < -0.3 is 0 Å². The summed E-state index contributed by atoms with van der Waals surface area (Å²) in [6.45, 7) is 11.3. The van der Waals surface area contributed by atoms with E-state index in [1.54, 1.807) is 12.1 Å². The molecule has 0 atom stereocenters. The zero-order chi connectivity index (χ0) is 20.5. The van der Waals surface area contributed by atoms with Gasteiger partial charge in [0.2, 0.25) is 0 Å². The normalized spacial score (nSPS) is 11.5. The number of aryl methyl sites for hydroxylation is 2. The van der Waals surface area contributed by atoms with Crippen molar-refractivity contribution in [1.82, 2.24) is 0 Å². The second kappa shape index (κ2) is 7.77. The summed E-state index contributed by atoms with van der Waals surface area (Å²) in [6.07, 6.45) is 0. The molecule has 0 N–H and O–H groups in total.